The first-order chi connectivity index (χ1) is 20.3. The second-order valence-corrected chi connectivity index (χ2v) is 10.0. The lowest BCUT2D eigenvalue weighted by Gasteiger charge is -2.36. The molecule has 1 aromatic heterocycles. The van der Waals surface area contributed by atoms with Crippen LogP contribution in [0.5, 0.6) is 0 Å². The average molecular weight is 526 g/mol. The molecule has 41 heavy (non-hydrogen) atoms. The summed E-state index contributed by atoms with van der Waals surface area (Å²) in [5, 5.41) is 8.58. The lowest BCUT2D eigenvalue weighted by atomic mass is 9.88. The smallest absolute Gasteiger partial charge is 0.105 e. The zero-order valence-corrected chi connectivity index (χ0v) is 22.4. The van der Waals surface area contributed by atoms with Crippen LogP contribution in [0.15, 0.2) is 145 Å². The molecule has 0 bridgehead atoms. The van der Waals surface area contributed by atoms with Crippen molar-refractivity contribution in [2.24, 2.45) is 5.10 Å². The summed E-state index contributed by atoms with van der Waals surface area (Å²) in [5.74, 6) is 6.66. The Hall–Kier alpha value is -5.59. The molecule has 5 aromatic carbocycles. The van der Waals surface area contributed by atoms with Gasteiger partial charge in [-0.05, 0) is 47.0 Å². The van der Waals surface area contributed by atoms with Gasteiger partial charge in [0.1, 0.15) is 6.04 Å². The molecule has 0 saturated heterocycles. The van der Waals surface area contributed by atoms with E-state index in [2.05, 4.69) is 113 Å². The number of aromatic nitrogens is 1. The maximum Gasteiger partial charge on any atom is 0.105 e. The molecule has 7 rings (SSSR count). The molecule has 3 nitrogen and oxygen atoms in total. The van der Waals surface area contributed by atoms with Crippen molar-refractivity contribution in [2.75, 3.05) is 0 Å². The van der Waals surface area contributed by atoms with Gasteiger partial charge in [-0.25, -0.2) is 0 Å². The number of hydrogen-bond acceptors (Lipinski definition) is 2. The average Bonchev–Trinajstić information content (AvgIpc) is 3.47. The number of para-hydroxylation sites is 1. The van der Waals surface area contributed by atoms with E-state index >= 15 is 0 Å². The molecular weight excluding hydrogens is 498 g/mol. The number of nitrogens with zero attached hydrogens (tertiary/aromatic N) is 2. The molecular formula is C38H27N3. The fourth-order valence-electron chi connectivity index (χ4n) is 5.46. The van der Waals surface area contributed by atoms with E-state index in [4.69, 9.17) is 5.10 Å². The van der Waals surface area contributed by atoms with E-state index in [-0.39, 0.29) is 6.04 Å². The predicted molar refractivity (Wildman–Crippen MR) is 169 cm³/mol. The summed E-state index contributed by atoms with van der Waals surface area (Å²) in [6.07, 6.45) is 6.32. The van der Waals surface area contributed by atoms with Gasteiger partial charge in [-0.3, -0.25) is 5.01 Å². The van der Waals surface area contributed by atoms with E-state index in [0.717, 1.165) is 33.5 Å². The van der Waals surface area contributed by atoms with Crippen LogP contribution in [0.25, 0.3) is 22.7 Å². The van der Waals surface area contributed by atoms with Gasteiger partial charge in [0.05, 0.1) is 11.9 Å². The van der Waals surface area contributed by atoms with Crippen LogP contribution in [0.3, 0.4) is 0 Å². The molecule has 0 fully saturated rings. The normalized spacial score (nSPS) is 14.4. The number of H-pyrrole nitrogens is 1. The Kier molecular flexibility index (Phi) is 6.49. The van der Waals surface area contributed by atoms with Gasteiger partial charge in [0.15, 0.2) is 0 Å². The zero-order valence-electron chi connectivity index (χ0n) is 22.4. The summed E-state index contributed by atoms with van der Waals surface area (Å²) in [5.41, 5.74) is 9.76. The van der Waals surface area contributed by atoms with Gasteiger partial charge >= 0.3 is 0 Å². The van der Waals surface area contributed by atoms with Crippen LogP contribution in [-0.2, 0) is 0 Å². The second-order valence-electron chi connectivity index (χ2n) is 10.0. The first-order valence-electron chi connectivity index (χ1n) is 13.8. The van der Waals surface area contributed by atoms with Crippen molar-refractivity contribution < 1.29 is 0 Å². The highest BCUT2D eigenvalue weighted by molar-refractivity contribution is 5.90. The maximum absolute atomic E-state index is 5.23. The molecule has 194 valence electrons. The summed E-state index contributed by atoms with van der Waals surface area (Å²) >= 11 is 0. The molecule has 3 heteroatoms. The number of rotatable bonds is 4. The summed E-state index contributed by atoms with van der Waals surface area (Å²) in [7, 11) is 0. The molecule has 1 unspecified atom stereocenters. The van der Waals surface area contributed by atoms with Crippen LogP contribution >= 0.6 is 0 Å². The van der Waals surface area contributed by atoms with E-state index in [1.165, 1.54) is 22.1 Å². The monoisotopic (exact) mass is 525 g/mol. The highest BCUT2D eigenvalue weighted by Gasteiger charge is 2.32. The van der Waals surface area contributed by atoms with Gasteiger partial charge in [0.2, 0.25) is 0 Å². The molecule has 0 amide bonds. The Labute approximate surface area is 240 Å². The second kappa shape index (κ2) is 10.9. The minimum Gasteiger partial charge on any atom is -0.361 e. The standard InChI is InChI=1S/C38H27N3/c1-3-13-28(14-4-1)23-24-29-15-7-8-19-32(29)26-40-41-37(30-16-5-2-6-17-30)25-31-18-9-10-20-33(31)38(41)35-27-39-36-22-12-11-21-34(35)36/h1-22,25-27,38-39H/b40-26+. The first-order valence-corrected chi connectivity index (χ1v) is 13.8. The van der Waals surface area contributed by atoms with Crippen molar-refractivity contribution in [3.63, 3.8) is 0 Å². The number of fused-ring (bicyclic) bond motifs is 2. The van der Waals surface area contributed by atoms with Gasteiger partial charge in [-0.15, -0.1) is 0 Å². The topological polar surface area (TPSA) is 31.4 Å². The Morgan fingerprint density at radius 2 is 1.37 bits per heavy atom. The van der Waals surface area contributed by atoms with Crippen molar-refractivity contribution in [1.82, 2.24) is 9.99 Å². The Morgan fingerprint density at radius 3 is 2.24 bits per heavy atom. The van der Waals surface area contributed by atoms with Crippen LogP contribution < -0.4 is 0 Å². The van der Waals surface area contributed by atoms with E-state index in [1.807, 2.05) is 60.8 Å². The third-order valence-electron chi connectivity index (χ3n) is 7.46. The molecule has 2 heterocycles. The molecule has 1 N–H and O–H groups in total. The lowest BCUT2D eigenvalue weighted by Crippen LogP contribution is -2.27. The first kappa shape index (κ1) is 24.5. The van der Waals surface area contributed by atoms with Crippen molar-refractivity contribution in [2.45, 2.75) is 6.04 Å². The fraction of sp³-hybridized carbons (Fsp3) is 0.0263. The van der Waals surface area contributed by atoms with Crippen LogP contribution in [-0.4, -0.2) is 16.2 Å². The molecule has 1 aliphatic rings. The Morgan fingerprint density at radius 1 is 0.659 bits per heavy atom. The van der Waals surface area contributed by atoms with E-state index in [1.54, 1.807) is 0 Å². The third kappa shape index (κ3) is 4.84. The quantitative estimate of drug-likeness (QED) is 0.182. The molecule has 0 radical (unpaired) electrons. The SMILES string of the molecule is C(#Cc1ccccc1/C=N/N1C(c2ccccc2)=Cc2ccccc2C1c1c[nH]c2ccccc12)c1ccccc1. The Balaban J connectivity index is 1.38. The molecule has 1 aliphatic heterocycles. The molecule has 6 aromatic rings. The largest absolute Gasteiger partial charge is 0.361 e. The van der Waals surface area contributed by atoms with Gasteiger partial charge in [-0.2, -0.15) is 5.10 Å². The molecule has 0 aliphatic carbocycles. The summed E-state index contributed by atoms with van der Waals surface area (Å²) in [6.45, 7) is 0. The molecule has 0 saturated carbocycles. The number of hydrazone groups is 1. The number of nitrogens with one attached hydrogen (secondary N) is 1. The van der Waals surface area contributed by atoms with Gasteiger partial charge in [0.25, 0.3) is 0 Å². The summed E-state index contributed by atoms with van der Waals surface area (Å²) in [4.78, 5) is 3.49. The third-order valence-corrected chi connectivity index (χ3v) is 7.46. The summed E-state index contributed by atoms with van der Waals surface area (Å²) in [6, 6.07) is 45.7. The molecule has 1 atom stereocenters. The van der Waals surface area contributed by atoms with Crippen molar-refractivity contribution >= 4 is 28.9 Å². The van der Waals surface area contributed by atoms with E-state index in [9.17, 15) is 0 Å². The predicted octanol–water partition coefficient (Wildman–Crippen LogP) is 8.50. The van der Waals surface area contributed by atoms with Gasteiger partial charge in [-0.1, -0.05) is 121 Å². The summed E-state index contributed by atoms with van der Waals surface area (Å²) < 4.78 is 0. The molecule has 0 spiro atoms. The number of benzene rings is 5. The number of hydrogen-bond donors (Lipinski definition) is 1. The Bertz CT molecular complexity index is 1950. The fourth-order valence-corrected chi connectivity index (χ4v) is 5.46. The van der Waals surface area contributed by atoms with Crippen molar-refractivity contribution in [3.8, 4) is 11.8 Å². The highest BCUT2D eigenvalue weighted by Crippen LogP contribution is 2.44. The minimum atomic E-state index is -0.124. The van der Waals surface area contributed by atoms with Crippen LogP contribution in [0.4, 0.5) is 0 Å². The maximum atomic E-state index is 5.23. The zero-order chi connectivity index (χ0) is 27.4. The van der Waals surface area contributed by atoms with Crippen molar-refractivity contribution in [1.29, 1.82) is 0 Å². The van der Waals surface area contributed by atoms with Gasteiger partial charge in [0, 0.05) is 39.4 Å². The van der Waals surface area contributed by atoms with E-state index < -0.39 is 0 Å². The minimum absolute atomic E-state index is 0.124. The van der Waals surface area contributed by atoms with Crippen molar-refractivity contribution in [3.05, 3.63) is 179 Å². The lowest BCUT2D eigenvalue weighted by molar-refractivity contribution is 0.356. The van der Waals surface area contributed by atoms with Crippen LogP contribution in [0.1, 0.15) is 45.0 Å². The van der Waals surface area contributed by atoms with E-state index in [0.29, 0.717) is 0 Å². The van der Waals surface area contributed by atoms with Crippen LogP contribution in [0, 0.1) is 11.8 Å². The van der Waals surface area contributed by atoms with Gasteiger partial charge < -0.3 is 4.98 Å². The number of aromatic amines is 1. The van der Waals surface area contributed by atoms with Crippen LogP contribution in [0.2, 0.25) is 0 Å². The highest BCUT2D eigenvalue weighted by atomic mass is 15.5.